The van der Waals surface area contributed by atoms with Crippen LogP contribution in [0.25, 0.3) is 0 Å². The zero-order valence-electron chi connectivity index (χ0n) is 7.79. The van der Waals surface area contributed by atoms with E-state index in [-0.39, 0.29) is 0 Å². The first-order valence-electron chi connectivity index (χ1n) is 4.47. The molecule has 3 heteroatoms. The molecule has 1 rings (SSSR count). The van der Waals surface area contributed by atoms with Gasteiger partial charge in [0.1, 0.15) is 0 Å². The van der Waals surface area contributed by atoms with Gasteiger partial charge in [0.05, 0.1) is 12.3 Å². The van der Waals surface area contributed by atoms with Crippen LogP contribution in [-0.4, -0.2) is 16.4 Å². The summed E-state index contributed by atoms with van der Waals surface area (Å²) in [7, 11) is 0. The van der Waals surface area contributed by atoms with Gasteiger partial charge < -0.3 is 4.74 Å². The molecule has 0 bridgehead atoms. The van der Waals surface area contributed by atoms with Crippen molar-refractivity contribution in [3.8, 4) is 0 Å². The number of aryl methyl sites for hydroxylation is 1. The molecule has 0 fully saturated rings. The lowest BCUT2D eigenvalue weighted by Crippen LogP contribution is -2.04. The van der Waals surface area contributed by atoms with Crippen LogP contribution in [0.3, 0.4) is 0 Å². The molecule has 0 aliphatic heterocycles. The number of hydrogen-bond acceptors (Lipinski definition) is 2. The summed E-state index contributed by atoms with van der Waals surface area (Å²) in [5.74, 6) is 0. The van der Waals surface area contributed by atoms with E-state index in [0.717, 1.165) is 25.3 Å². The third kappa shape index (κ3) is 2.34. The Hall–Kier alpha value is -0.830. The second-order valence-electron chi connectivity index (χ2n) is 2.69. The van der Waals surface area contributed by atoms with Crippen molar-refractivity contribution in [2.45, 2.75) is 33.4 Å². The van der Waals surface area contributed by atoms with Crippen molar-refractivity contribution in [3.63, 3.8) is 0 Å². The normalized spacial score (nSPS) is 10.5. The summed E-state index contributed by atoms with van der Waals surface area (Å²) in [6.45, 7) is 6.61. The first-order valence-corrected chi connectivity index (χ1v) is 4.47. The summed E-state index contributed by atoms with van der Waals surface area (Å²) in [6, 6.07) is 2.00. The molecular formula is C9H16N2O. The van der Waals surface area contributed by atoms with Crippen LogP contribution in [0.15, 0.2) is 12.3 Å². The van der Waals surface area contributed by atoms with Crippen molar-refractivity contribution in [2.75, 3.05) is 6.61 Å². The Morgan fingerprint density at radius 2 is 2.33 bits per heavy atom. The topological polar surface area (TPSA) is 27.1 Å². The third-order valence-electron chi connectivity index (χ3n) is 1.70. The summed E-state index contributed by atoms with van der Waals surface area (Å²) < 4.78 is 7.36. The van der Waals surface area contributed by atoms with Gasteiger partial charge in [0.15, 0.2) is 0 Å². The average molecular weight is 168 g/mol. The van der Waals surface area contributed by atoms with Gasteiger partial charge in [0.25, 0.3) is 0 Å². The first kappa shape index (κ1) is 9.26. The van der Waals surface area contributed by atoms with Gasteiger partial charge in [0, 0.05) is 19.3 Å². The minimum atomic E-state index is 0.682. The van der Waals surface area contributed by atoms with E-state index < -0.39 is 0 Å². The van der Waals surface area contributed by atoms with Gasteiger partial charge in [-0.3, -0.25) is 4.68 Å². The smallest absolute Gasteiger partial charge is 0.0884 e. The summed E-state index contributed by atoms with van der Waals surface area (Å²) in [5, 5.41) is 4.15. The van der Waals surface area contributed by atoms with Gasteiger partial charge in [-0.1, -0.05) is 6.92 Å². The molecule has 0 N–H and O–H groups in total. The fourth-order valence-electron chi connectivity index (χ4n) is 1.09. The van der Waals surface area contributed by atoms with Crippen molar-refractivity contribution in [1.82, 2.24) is 9.78 Å². The zero-order chi connectivity index (χ0) is 8.81. The maximum atomic E-state index is 5.41. The van der Waals surface area contributed by atoms with Crippen LogP contribution in [0.1, 0.15) is 26.0 Å². The molecule has 0 unspecified atom stereocenters. The van der Waals surface area contributed by atoms with Crippen molar-refractivity contribution in [3.05, 3.63) is 18.0 Å². The molecule has 1 aromatic heterocycles. The monoisotopic (exact) mass is 168 g/mol. The Morgan fingerprint density at radius 1 is 1.50 bits per heavy atom. The van der Waals surface area contributed by atoms with Gasteiger partial charge in [-0.2, -0.15) is 5.10 Å². The Morgan fingerprint density at radius 3 is 3.00 bits per heavy atom. The molecule has 0 amide bonds. The van der Waals surface area contributed by atoms with E-state index in [0.29, 0.717) is 6.61 Å². The Balaban J connectivity index is 2.39. The molecule has 68 valence electrons. The molecule has 0 atom stereocenters. The number of rotatable bonds is 5. The van der Waals surface area contributed by atoms with Gasteiger partial charge >= 0.3 is 0 Å². The molecule has 0 spiro atoms. The lowest BCUT2D eigenvalue weighted by Gasteiger charge is -2.04. The van der Waals surface area contributed by atoms with Gasteiger partial charge in [-0.15, -0.1) is 0 Å². The molecule has 0 saturated heterocycles. The predicted molar refractivity (Wildman–Crippen MR) is 47.8 cm³/mol. The van der Waals surface area contributed by atoms with Gasteiger partial charge in [0.2, 0.25) is 0 Å². The Labute approximate surface area is 73.3 Å². The number of hydrogen-bond donors (Lipinski definition) is 0. The van der Waals surface area contributed by atoms with Crippen LogP contribution in [0, 0.1) is 0 Å². The van der Waals surface area contributed by atoms with E-state index in [2.05, 4.69) is 18.9 Å². The third-order valence-corrected chi connectivity index (χ3v) is 1.70. The molecular weight excluding hydrogens is 152 g/mol. The van der Waals surface area contributed by atoms with Crippen molar-refractivity contribution in [1.29, 1.82) is 0 Å². The summed E-state index contributed by atoms with van der Waals surface area (Å²) in [4.78, 5) is 0. The van der Waals surface area contributed by atoms with E-state index in [1.54, 1.807) is 0 Å². The van der Waals surface area contributed by atoms with Crippen LogP contribution >= 0.6 is 0 Å². The van der Waals surface area contributed by atoms with E-state index >= 15 is 0 Å². The standard InChI is InChI=1S/C9H16N2O/c1-3-7-12-8-9-5-6-10-11(9)4-2/h5-6H,3-4,7-8H2,1-2H3. The lowest BCUT2D eigenvalue weighted by molar-refractivity contribution is 0.115. The predicted octanol–water partition coefficient (Wildman–Crippen LogP) is 1.83. The highest BCUT2D eigenvalue weighted by Crippen LogP contribution is 2.00. The fourth-order valence-corrected chi connectivity index (χ4v) is 1.09. The van der Waals surface area contributed by atoms with Crippen molar-refractivity contribution < 1.29 is 4.74 Å². The van der Waals surface area contributed by atoms with Crippen molar-refractivity contribution in [2.24, 2.45) is 0 Å². The highest BCUT2D eigenvalue weighted by Gasteiger charge is 1.98. The average Bonchev–Trinajstić information content (AvgIpc) is 2.52. The number of aromatic nitrogens is 2. The Bertz CT molecular complexity index is 220. The molecule has 0 saturated carbocycles. The highest BCUT2D eigenvalue weighted by molar-refractivity contribution is 4.98. The molecule has 0 aromatic carbocycles. The summed E-state index contributed by atoms with van der Waals surface area (Å²) in [6.07, 6.45) is 2.88. The maximum Gasteiger partial charge on any atom is 0.0884 e. The van der Waals surface area contributed by atoms with Crippen LogP contribution in [-0.2, 0) is 17.9 Å². The number of ether oxygens (including phenoxy) is 1. The zero-order valence-corrected chi connectivity index (χ0v) is 7.79. The SMILES string of the molecule is CCCOCc1ccnn1CC. The molecule has 1 aromatic rings. The van der Waals surface area contributed by atoms with Crippen LogP contribution < -0.4 is 0 Å². The second-order valence-corrected chi connectivity index (χ2v) is 2.69. The van der Waals surface area contributed by atoms with Crippen LogP contribution in [0.2, 0.25) is 0 Å². The number of nitrogens with zero attached hydrogens (tertiary/aromatic N) is 2. The Kier molecular flexibility index (Phi) is 3.80. The molecule has 3 nitrogen and oxygen atoms in total. The van der Waals surface area contributed by atoms with Crippen molar-refractivity contribution >= 4 is 0 Å². The second kappa shape index (κ2) is 4.93. The maximum absolute atomic E-state index is 5.41. The fraction of sp³-hybridized carbons (Fsp3) is 0.667. The first-order chi connectivity index (χ1) is 5.88. The van der Waals surface area contributed by atoms with E-state index in [1.165, 1.54) is 0 Å². The molecule has 12 heavy (non-hydrogen) atoms. The minimum absolute atomic E-state index is 0.682. The summed E-state index contributed by atoms with van der Waals surface area (Å²) in [5.41, 5.74) is 1.16. The van der Waals surface area contributed by atoms with E-state index in [9.17, 15) is 0 Å². The van der Waals surface area contributed by atoms with E-state index in [4.69, 9.17) is 4.74 Å². The molecule has 0 aliphatic carbocycles. The molecule has 0 aliphatic rings. The quantitative estimate of drug-likeness (QED) is 0.627. The largest absolute Gasteiger partial charge is 0.375 e. The van der Waals surface area contributed by atoms with Gasteiger partial charge in [-0.25, -0.2) is 0 Å². The molecule has 1 heterocycles. The van der Waals surface area contributed by atoms with Gasteiger partial charge in [-0.05, 0) is 19.4 Å². The minimum Gasteiger partial charge on any atom is -0.375 e. The molecule has 0 radical (unpaired) electrons. The van der Waals surface area contributed by atoms with Crippen LogP contribution in [0.5, 0.6) is 0 Å². The van der Waals surface area contributed by atoms with E-state index in [1.807, 2.05) is 16.9 Å². The lowest BCUT2D eigenvalue weighted by atomic mass is 10.4. The highest BCUT2D eigenvalue weighted by atomic mass is 16.5. The summed E-state index contributed by atoms with van der Waals surface area (Å²) >= 11 is 0. The van der Waals surface area contributed by atoms with Crippen LogP contribution in [0.4, 0.5) is 0 Å².